The Balaban J connectivity index is 3.71. The van der Waals surface area contributed by atoms with Crippen molar-refractivity contribution in [3.63, 3.8) is 0 Å². The molecule has 0 saturated heterocycles. The van der Waals surface area contributed by atoms with Crippen LogP contribution in [0.3, 0.4) is 0 Å². The Morgan fingerprint density at radius 1 is 0.500 bits per heavy atom. The number of aliphatic hydroxyl groups is 3. The van der Waals surface area contributed by atoms with E-state index >= 15 is 0 Å². The van der Waals surface area contributed by atoms with Crippen LogP contribution in [0.4, 0.5) is 0 Å². The number of amides is 1. The van der Waals surface area contributed by atoms with Crippen LogP contribution in [-0.4, -0.2) is 46.1 Å². The van der Waals surface area contributed by atoms with Crippen molar-refractivity contribution >= 4 is 5.91 Å². The normalized spacial score (nSPS) is 14.0. The van der Waals surface area contributed by atoms with Gasteiger partial charge in [0.15, 0.2) is 0 Å². The fraction of sp³-hybridized carbons (Fsp3) is 0.837. The van der Waals surface area contributed by atoms with Crippen LogP contribution in [0.2, 0.25) is 0 Å². The van der Waals surface area contributed by atoms with Crippen LogP contribution in [0, 0.1) is 0 Å². The summed E-state index contributed by atoms with van der Waals surface area (Å²) < 4.78 is 0. The van der Waals surface area contributed by atoms with Crippen molar-refractivity contribution in [3.05, 3.63) is 36.5 Å². The molecule has 0 spiro atoms. The van der Waals surface area contributed by atoms with Crippen molar-refractivity contribution in [2.45, 2.75) is 225 Å². The minimum absolute atomic E-state index is 0.380. The van der Waals surface area contributed by atoms with Crippen molar-refractivity contribution in [1.29, 1.82) is 0 Å². The molecular formula is C43H81NO4. The molecule has 3 unspecified atom stereocenters. The Hall–Kier alpha value is -1.43. The lowest BCUT2D eigenvalue weighted by molar-refractivity contribution is -0.131. The van der Waals surface area contributed by atoms with Crippen molar-refractivity contribution < 1.29 is 20.1 Å². The lowest BCUT2D eigenvalue weighted by Crippen LogP contribution is -2.48. The fourth-order valence-electron chi connectivity index (χ4n) is 6.16. The predicted molar refractivity (Wildman–Crippen MR) is 208 cm³/mol. The Bertz CT molecular complexity index is 749. The molecule has 5 nitrogen and oxygen atoms in total. The molecule has 48 heavy (non-hydrogen) atoms. The minimum Gasteiger partial charge on any atom is -0.394 e. The quantitative estimate of drug-likeness (QED) is 0.0390. The SMILES string of the molecule is CCCCCC/C=C/CC/C=C/CC/C=C/C(O)C(CO)NC(=O)C(O)CCCCCCCCCCCCCCCCCCCCCC. The first kappa shape index (κ1) is 46.6. The summed E-state index contributed by atoms with van der Waals surface area (Å²) >= 11 is 0. The third-order valence-electron chi connectivity index (χ3n) is 9.46. The molecule has 0 heterocycles. The maximum absolute atomic E-state index is 12.4. The number of hydrogen-bond acceptors (Lipinski definition) is 4. The molecule has 0 aliphatic rings. The van der Waals surface area contributed by atoms with E-state index in [1.165, 1.54) is 141 Å². The highest BCUT2D eigenvalue weighted by Crippen LogP contribution is 2.15. The highest BCUT2D eigenvalue weighted by molar-refractivity contribution is 5.80. The van der Waals surface area contributed by atoms with E-state index in [1.807, 2.05) is 6.08 Å². The molecule has 4 N–H and O–H groups in total. The van der Waals surface area contributed by atoms with Gasteiger partial charge in [-0.2, -0.15) is 0 Å². The van der Waals surface area contributed by atoms with Gasteiger partial charge in [-0.1, -0.05) is 198 Å². The Kier molecular flexibility index (Phi) is 37.2. The van der Waals surface area contributed by atoms with Crippen molar-refractivity contribution in [1.82, 2.24) is 5.32 Å². The lowest BCUT2D eigenvalue weighted by atomic mass is 10.0. The second-order valence-corrected chi connectivity index (χ2v) is 14.2. The first-order chi connectivity index (χ1) is 23.6. The molecule has 0 rings (SSSR count). The molecule has 0 saturated carbocycles. The van der Waals surface area contributed by atoms with E-state index in [-0.39, 0.29) is 6.61 Å². The second kappa shape index (κ2) is 38.4. The Labute approximate surface area is 298 Å². The van der Waals surface area contributed by atoms with Gasteiger partial charge < -0.3 is 20.6 Å². The standard InChI is InChI=1S/C43H81NO4/c1-3-5-7-9-11-13-15-17-19-20-21-22-23-24-26-28-30-32-34-36-38-42(47)43(48)44-40(39-45)41(46)37-35-33-31-29-27-25-18-16-14-12-10-8-6-4-2/h14,16,27,29,35,37,40-42,45-47H,3-13,15,17-26,28,30-34,36,38-39H2,1-2H3,(H,44,48)/b16-14+,29-27+,37-35+. The maximum atomic E-state index is 12.4. The van der Waals surface area contributed by atoms with Gasteiger partial charge in [0.1, 0.15) is 6.10 Å². The number of rotatable bonds is 37. The third-order valence-corrected chi connectivity index (χ3v) is 9.46. The zero-order valence-corrected chi connectivity index (χ0v) is 31.9. The first-order valence-electron chi connectivity index (χ1n) is 20.8. The molecule has 0 aromatic heterocycles. The number of unbranched alkanes of at least 4 members (excludes halogenated alkanes) is 25. The number of nitrogens with one attached hydrogen (secondary N) is 1. The Morgan fingerprint density at radius 3 is 1.27 bits per heavy atom. The minimum atomic E-state index is -1.10. The van der Waals surface area contributed by atoms with Gasteiger partial charge in [-0.15, -0.1) is 0 Å². The molecule has 0 aromatic carbocycles. The zero-order valence-electron chi connectivity index (χ0n) is 31.9. The van der Waals surface area contributed by atoms with E-state index < -0.39 is 24.2 Å². The van der Waals surface area contributed by atoms with Crippen LogP contribution in [0.1, 0.15) is 206 Å². The molecule has 0 aliphatic carbocycles. The van der Waals surface area contributed by atoms with Crippen molar-refractivity contribution in [2.24, 2.45) is 0 Å². The number of carbonyl (C=O) groups excluding carboxylic acids is 1. The van der Waals surface area contributed by atoms with E-state index in [0.717, 1.165) is 44.9 Å². The van der Waals surface area contributed by atoms with E-state index in [0.29, 0.717) is 6.42 Å². The molecule has 0 fully saturated rings. The van der Waals surface area contributed by atoms with Gasteiger partial charge in [-0.05, 0) is 44.9 Å². The highest BCUT2D eigenvalue weighted by atomic mass is 16.3. The highest BCUT2D eigenvalue weighted by Gasteiger charge is 2.22. The largest absolute Gasteiger partial charge is 0.394 e. The molecule has 0 radical (unpaired) electrons. The molecule has 3 atom stereocenters. The van der Waals surface area contributed by atoms with Gasteiger partial charge >= 0.3 is 0 Å². The summed E-state index contributed by atoms with van der Waals surface area (Å²) in [6.45, 7) is 4.14. The average molecular weight is 676 g/mol. The summed E-state index contributed by atoms with van der Waals surface area (Å²) in [5.74, 6) is -0.516. The fourth-order valence-corrected chi connectivity index (χ4v) is 6.16. The summed E-state index contributed by atoms with van der Waals surface area (Å²) in [5.41, 5.74) is 0. The average Bonchev–Trinajstić information content (AvgIpc) is 3.09. The van der Waals surface area contributed by atoms with Gasteiger partial charge in [0, 0.05) is 0 Å². The van der Waals surface area contributed by atoms with Crippen molar-refractivity contribution in [3.8, 4) is 0 Å². The number of carbonyl (C=O) groups is 1. The second-order valence-electron chi connectivity index (χ2n) is 14.2. The lowest BCUT2D eigenvalue weighted by Gasteiger charge is -2.21. The number of hydrogen-bond donors (Lipinski definition) is 4. The molecule has 5 heteroatoms. The van der Waals surface area contributed by atoms with Gasteiger partial charge in [-0.3, -0.25) is 4.79 Å². The van der Waals surface area contributed by atoms with E-state index in [2.05, 4.69) is 43.5 Å². The summed E-state index contributed by atoms with van der Waals surface area (Å²) in [4.78, 5) is 12.4. The van der Waals surface area contributed by atoms with Crippen LogP contribution in [0.15, 0.2) is 36.5 Å². The monoisotopic (exact) mass is 676 g/mol. The summed E-state index contributed by atoms with van der Waals surface area (Å²) in [5, 5.41) is 33.0. The van der Waals surface area contributed by atoms with E-state index in [9.17, 15) is 20.1 Å². The summed E-state index contributed by atoms with van der Waals surface area (Å²) in [7, 11) is 0. The van der Waals surface area contributed by atoms with Gasteiger partial charge in [0.25, 0.3) is 0 Å². The molecule has 282 valence electrons. The molecule has 0 bridgehead atoms. The van der Waals surface area contributed by atoms with Crippen molar-refractivity contribution in [2.75, 3.05) is 6.61 Å². The molecular weight excluding hydrogens is 594 g/mol. The van der Waals surface area contributed by atoms with Crippen LogP contribution in [0.5, 0.6) is 0 Å². The molecule has 0 aliphatic heterocycles. The third kappa shape index (κ3) is 33.1. The summed E-state index contributed by atoms with van der Waals surface area (Å²) in [6, 6.07) is -0.817. The first-order valence-corrected chi connectivity index (χ1v) is 20.8. The number of aliphatic hydroxyl groups excluding tert-OH is 3. The zero-order chi connectivity index (χ0) is 35.2. The van der Waals surface area contributed by atoms with Crippen LogP contribution in [0.25, 0.3) is 0 Å². The van der Waals surface area contributed by atoms with Crippen LogP contribution >= 0.6 is 0 Å². The van der Waals surface area contributed by atoms with Gasteiger partial charge in [0.05, 0.1) is 18.8 Å². The maximum Gasteiger partial charge on any atom is 0.249 e. The predicted octanol–water partition coefficient (Wildman–Crippen LogP) is 11.6. The number of allylic oxidation sites excluding steroid dienone is 5. The topological polar surface area (TPSA) is 89.8 Å². The van der Waals surface area contributed by atoms with Gasteiger partial charge in [-0.25, -0.2) is 0 Å². The van der Waals surface area contributed by atoms with Gasteiger partial charge in [0.2, 0.25) is 5.91 Å². The van der Waals surface area contributed by atoms with Crippen LogP contribution < -0.4 is 5.32 Å². The Morgan fingerprint density at radius 2 is 0.854 bits per heavy atom. The summed E-state index contributed by atoms with van der Waals surface area (Å²) in [6.07, 6.45) is 47.4. The molecule has 1 amide bonds. The smallest absolute Gasteiger partial charge is 0.249 e. The van der Waals surface area contributed by atoms with Crippen LogP contribution in [-0.2, 0) is 4.79 Å². The van der Waals surface area contributed by atoms with E-state index in [1.54, 1.807) is 6.08 Å². The molecule has 0 aromatic rings. The van der Waals surface area contributed by atoms with E-state index in [4.69, 9.17) is 0 Å².